The van der Waals surface area contributed by atoms with Crippen LogP contribution in [0.15, 0.2) is 49.6 Å². The van der Waals surface area contributed by atoms with Crippen molar-refractivity contribution in [2.45, 2.75) is 63.7 Å². The van der Waals surface area contributed by atoms with E-state index in [4.69, 9.17) is 9.47 Å². The highest BCUT2D eigenvalue weighted by Crippen LogP contribution is 2.59. The van der Waals surface area contributed by atoms with Crippen molar-refractivity contribution in [3.05, 3.63) is 49.6 Å². The van der Waals surface area contributed by atoms with Crippen molar-refractivity contribution in [3.63, 3.8) is 0 Å². The van der Waals surface area contributed by atoms with Crippen LogP contribution in [-0.4, -0.2) is 89.8 Å². The van der Waals surface area contributed by atoms with Gasteiger partial charge in [0.2, 0.25) is 17.7 Å². The van der Waals surface area contributed by atoms with E-state index in [-0.39, 0.29) is 37.4 Å². The van der Waals surface area contributed by atoms with Crippen LogP contribution in [0.4, 0.5) is 5.69 Å². The maximum Gasteiger partial charge on any atom is 0.248 e. The Hall–Kier alpha value is -3.17. The maximum atomic E-state index is 14.2. The predicted octanol–water partition coefficient (Wildman–Crippen LogP) is 3.18. The van der Waals surface area contributed by atoms with E-state index >= 15 is 0 Å². The highest BCUT2D eigenvalue weighted by atomic mass is 16.5. The topological polar surface area (TPSA) is 99.6 Å². The Kier molecular flexibility index (Phi) is 9.68. The van der Waals surface area contributed by atoms with Crippen LogP contribution in [0.25, 0.3) is 0 Å². The highest BCUT2D eigenvalue weighted by Gasteiger charge is 2.74. The van der Waals surface area contributed by atoms with Crippen molar-refractivity contribution in [1.82, 2.24) is 9.80 Å². The zero-order valence-electron chi connectivity index (χ0n) is 23.8. The lowest BCUT2D eigenvalue weighted by molar-refractivity contribution is -0.148. The lowest BCUT2D eigenvalue weighted by Crippen LogP contribution is -2.56. The fourth-order valence-electron chi connectivity index (χ4n) is 6.76. The minimum atomic E-state index is -1.10. The zero-order valence-corrected chi connectivity index (χ0v) is 23.8. The van der Waals surface area contributed by atoms with Gasteiger partial charge in [-0.3, -0.25) is 14.4 Å². The monoisotopic (exact) mass is 553 g/mol. The summed E-state index contributed by atoms with van der Waals surface area (Å²) in [5, 5.41) is 9.86. The van der Waals surface area contributed by atoms with Crippen LogP contribution in [0.3, 0.4) is 0 Å². The molecule has 3 amide bonds. The first kappa shape index (κ1) is 29.8. The second-order valence-corrected chi connectivity index (χ2v) is 10.8. The Morgan fingerprint density at radius 3 is 2.50 bits per heavy atom. The molecule has 3 heterocycles. The molecule has 3 fully saturated rings. The van der Waals surface area contributed by atoms with Gasteiger partial charge in [-0.25, -0.2) is 0 Å². The molecule has 2 unspecified atom stereocenters. The van der Waals surface area contributed by atoms with E-state index in [0.717, 1.165) is 19.3 Å². The summed E-state index contributed by atoms with van der Waals surface area (Å²) in [6, 6.07) is 6.37. The number of carbonyl (C=O) groups is 3. The summed E-state index contributed by atoms with van der Waals surface area (Å²) >= 11 is 0. The fourth-order valence-corrected chi connectivity index (χ4v) is 6.76. The van der Waals surface area contributed by atoms with Crippen molar-refractivity contribution >= 4 is 23.4 Å². The van der Waals surface area contributed by atoms with E-state index in [9.17, 15) is 19.5 Å². The first-order chi connectivity index (χ1) is 19.4. The van der Waals surface area contributed by atoms with Crippen molar-refractivity contribution < 1.29 is 29.0 Å². The summed E-state index contributed by atoms with van der Waals surface area (Å²) in [6.45, 7) is 13.1. The molecule has 218 valence electrons. The predicted molar refractivity (Wildman–Crippen MR) is 153 cm³/mol. The van der Waals surface area contributed by atoms with Crippen LogP contribution < -0.4 is 9.64 Å². The number of aliphatic hydroxyl groups is 1. The van der Waals surface area contributed by atoms with Crippen molar-refractivity contribution in [3.8, 4) is 5.75 Å². The Labute approximate surface area is 237 Å². The SMILES string of the molecule is C=CCN(CCCCC)C(=O)C1N(CCO)C(=O)[C@@H]2[C@@H](C(=O)N(CC=C)c3ccc(OCC)cc3)[C@H]3CCC12O3. The van der Waals surface area contributed by atoms with Crippen molar-refractivity contribution in [1.29, 1.82) is 0 Å². The number of anilines is 1. The van der Waals surface area contributed by atoms with Gasteiger partial charge in [0.15, 0.2) is 0 Å². The number of unbranched alkanes of at least 4 members (excludes halogenated alkanes) is 2. The first-order valence-electron chi connectivity index (χ1n) is 14.5. The molecular weight excluding hydrogens is 510 g/mol. The number of ether oxygens (including phenoxy) is 2. The Bertz CT molecular complexity index is 1090. The number of benzene rings is 1. The van der Waals surface area contributed by atoms with E-state index in [1.165, 1.54) is 4.90 Å². The second kappa shape index (κ2) is 13.0. The van der Waals surface area contributed by atoms with E-state index in [1.54, 1.807) is 22.0 Å². The minimum absolute atomic E-state index is 0.00851. The van der Waals surface area contributed by atoms with E-state index in [2.05, 4.69) is 20.1 Å². The molecule has 9 heteroatoms. The van der Waals surface area contributed by atoms with Crippen LogP contribution >= 0.6 is 0 Å². The molecule has 1 aromatic carbocycles. The highest BCUT2D eigenvalue weighted by molar-refractivity contribution is 6.03. The van der Waals surface area contributed by atoms with Crippen LogP contribution in [0.2, 0.25) is 0 Å². The number of β-amino-alcohol motifs (C(OH)–C–C–N with tert-alkyl or cyclic N) is 1. The van der Waals surface area contributed by atoms with Gasteiger partial charge in [0.05, 0.1) is 31.2 Å². The largest absolute Gasteiger partial charge is 0.494 e. The summed E-state index contributed by atoms with van der Waals surface area (Å²) in [6.07, 6.45) is 6.82. The van der Waals surface area contributed by atoms with Crippen LogP contribution in [0, 0.1) is 11.8 Å². The molecule has 0 aromatic heterocycles. The Balaban J connectivity index is 1.67. The average molecular weight is 554 g/mol. The molecule has 3 saturated heterocycles. The number of nitrogens with zero attached hydrogens (tertiary/aromatic N) is 3. The maximum absolute atomic E-state index is 14.2. The smallest absolute Gasteiger partial charge is 0.248 e. The van der Waals surface area contributed by atoms with Gasteiger partial charge >= 0.3 is 0 Å². The zero-order chi connectivity index (χ0) is 28.9. The third-order valence-corrected chi connectivity index (χ3v) is 8.39. The summed E-state index contributed by atoms with van der Waals surface area (Å²) < 4.78 is 12.1. The number of hydrogen-bond acceptors (Lipinski definition) is 6. The lowest BCUT2D eigenvalue weighted by Gasteiger charge is -2.37. The van der Waals surface area contributed by atoms with Gasteiger partial charge in [0, 0.05) is 31.9 Å². The van der Waals surface area contributed by atoms with Crippen LogP contribution in [-0.2, 0) is 19.1 Å². The van der Waals surface area contributed by atoms with Crippen molar-refractivity contribution in [2.24, 2.45) is 11.8 Å². The van der Waals surface area contributed by atoms with E-state index < -0.39 is 29.6 Å². The number of rotatable bonds is 15. The van der Waals surface area contributed by atoms with Crippen LogP contribution in [0.1, 0.15) is 46.0 Å². The normalized spacial score (nSPS) is 26.5. The lowest BCUT2D eigenvalue weighted by atomic mass is 9.70. The van der Waals surface area contributed by atoms with E-state index in [0.29, 0.717) is 44.0 Å². The molecule has 0 radical (unpaired) electrons. The molecule has 4 rings (SSSR count). The quantitative estimate of drug-likeness (QED) is 0.265. The van der Waals surface area contributed by atoms with Gasteiger partial charge in [-0.15, -0.1) is 13.2 Å². The molecule has 0 saturated carbocycles. The number of amides is 3. The molecule has 9 nitrogen and oxygen atoms in total. The van der Waals surface area contributed by atoms with Gasteiger partial charge in [-0.2, -0.15) is 0 Å². The molecule has 3 aliphatic heterocycles. The van der Waals surface area contributed by atoms with Gasteiger partial charge in [-0.05, 0) is 50.5 Å². The Morgan fingerprint density at radius 2 is 1.88 bits per heavy atom. The van der Waals surface area contributed by atoms with Crippen molar-refractivity contribution in [2.75, 3.05) is 44.3 Å². The fraction of sp³-hybridized carbons (Fsp3) is 0.581. The average Bonchev–Trinajstić information content (AvgIpc) is 3.59. The number of carbonyl (C=O) groups excluding carboxylic acids is 3. The van der Waals surface area contributed by atoms with Gasteiger partial charge < -0.3 is 29.3 Å². The summed E-state index contributed by atoms with van der Waals surface area (Å²) in [4.78, 5) is 47.1. The minimum Gasteiger partial charge on any atom is -0.494 e. The summed E-state index contributed by atoms with van der Waals surface area (Å²) in [7, 11) is 0. The molecule has 1 aromatic rings. The number of fused-ring (bicyclic) bond motifs is 1. The molecule has 1 N–H and O–H groups in total. The molecular formula is C31H43N3O6. The molecule has 1 spiro atoms. The van der Waals surface area contributed by atoms with Gasteiger partial charge in [0.25, 0.3) is 0 Å². The summed E-state index contributed by atoms with van der Waals surface area (Å²) in [5.41, 5.74) is -0.430. The standard InChI is InChI=1S/C31H43N3O6/c1-5-9-10-19-32(17-6-2)30(38)27-31-16-15-24(40-31)25(26(31)29(37)34(27)20-21-35)28(36)33(18-7-3)22-11-13-23(14-12-22)39-8-4/h6-7,11-14,24-27,35H,2-3,5,8-10,15-21H2,1,4H3/t24-,25+,26+,27?,31?/m1/s1. The third-order valence-electron chi connectivity index (χ3n) is 8.39. The van der Waals surface area contributed by atoms with Gasteiger partial charge in [0.1, 0.15) is 17.4 Å². The van der Waals surface area contributed by atoms with Crippen LogP contribution in [0.5, 0.6) is 5.75 Å². The van der Waals surface area contributed by atoms with E-state index in [1.807, 2.05) is 31.2 Å². The number of hydrogen-bond donors (Lipinski definition) is 1. The first-order valence-corrected chi connectivity index (χ1v) is 14.5. The molecule has 2 bridgehead atoms. The molecule has 5 atom stereocenters. The Morgan fingerprint density at radius 1 is 1.15 bits per heavy atom. The second-order valence-electron chi connectivity index (χ2n) is 10.8. The molecule has 3 aliphatic rings. The third kappa shape index (κ3) is 5.29. The summed E-state index contributed by atoms with van der Waals surface area (Å²) in [5.74, 6) is -1.56. The number of likely N-dealkylation sites (tertiary alicyclic amines) is 1. The molecule has 40 heavy (non-hydrogen) atoms. The number of aliphatic hydroxyl groups excluding tert-OH is 1. The van der Waals surface area contributed by atoms with Gasteiger partial charge in [-0.1, -0.05) is 31.9 Å². The molecule has 0 aliphatic carbocycles.